The molecule has 0 spiro atoms. The van der Waals surface area contributed by atoms with Crippen LogP contribution in [0.5, 0.6) is 5.75 Å². The highest BCUT2D eigenvalue weighted by Gasteiger charge is 2.10. The topological polar surface area (TPSA) is 93.4 Å². The maximum absolute atomic E-state index is 12.3. The van der Waals surface area contributed by atoms with Crippen LogP contribution in [0.1, 0.15) is 15.9 Å². The monoisotopic (exact) mass is 333 g/mol. The van der Waals surface area contributed by atoms with Gasteiger partial charge in [-0.2, -0.15) is 0 Å². The summed E-state index contributed by atoms with van der Waals surface area (Å²) in [4.78, 5) is 22.9. The highest BCUT2D eigenvalue weighted by atomic mass is 35.5. The third kappa shape index (κ3) is 4.62. The van der Waals surface area contributed by atoms with Gasteiger partial charge in [-0.3, -0.25) is 4.79 Å². The lowest BCUT2D eigenvalue weighted by Gasteiger charge is -2.11. The van der Waals surface area contributed by atoms with Gasteiger partial charge in [0.2, 0.25) is 0 Å². The standard InChI is InChI=1S/C16H16ClN3O3/c1-23-14-7-6-12(17)8-13(14)20-15(21)11-4-2-10(3-5-11)9-19-16(18)22/h2-8H,9H2,1H3,(H,20,21)(H3,18,19,22). The van der Waals surface area contributed by atoms with Gasteiger partial charge in [-0.25, -0.2) is 4.79 Å². The summed E-state index contributed by atoms with van der Waals surface area (Å²) in [6.07, 6.45) is 0. The zero-order valence-corrected chi connectivity index (χ0v) is 13.2. The lowest BCUT2D eigenvalue weighted by molar-refractivity contribution is 0.102. The van der Waals surface area contributed by atoms with E-state index in [2.05, 4.69) is 10.6 Å². The Kier molecular flexibility index (Phi) is 5.43. The first-order chi connectivity index (χ1) is 11.0. The van der Waals surface area contributed by atoms with Crippen LogP contribution in [0.15, 0.2) is 42.5 Å². The third-order valence-electron chi connectivity index (χ3n) is 3.09. The molecule has 7 heteroatoms. The molecule has 6 nitrogen and oxygen atoms in total. The molecule has 2 rings (SSSR count). The summed E-state index contributed by atoms with van der Waals surface area (Å²) in [5.74, 6) is 0.227. The molecule has 0 heterocycles. The smallest absolute Gasteiger partial charge is 0.312 e. The van der Waals surface area contributed by atoms with E-state index < -0.39 is 6.03 Å². The molecule has 0 aliphatic heterocycles. The van der Waals surface area contributed by atoms with Crippen LogP contribution in [0.4, 0.5) is 10.5 Å². The lowest BCUT2D eigenvalue weighted by atomic mass is 10.1. The van der Waals surface area contributed by atoms with Crippen LogP contribution >= 0.6 is 11.6 Å². The van der Waals surface area contributed by atoms with Crippen LogP contribution in [0.2, 0.25) is 5.02 Å². The Morgan fingerprint density at radius 1 is 1.17 bits per heavy atom. The van der Waals surface area contributed by atoms with Crippen molar-refractivity contribution in [2.45, 2.75) is 6.54 Å². The number of hydrogen-bond donors (Lipinski definition) is 3. The third-order valence-corrected chi connectivity index (χ3v) is 3.33. The van der Waals surface area contributed by atoms with Crippen LogP contribution in [0, 0.1) is 0 Å². The van der Waals surface area contributed by atoms with Crippen molar-refractivity contribution in [3.8, 4) is 5.75 Å². The first-order valence-corrected chi connectivity index (χ1v) is 7.14. The largest absolute Gasteiger partial charge is 0.495 e. The van der Waals surface area contributed by atoms with Crippen LogP contribution in [-0.4, -0.2) is 19.0 Å². The van der Waals surface area contributed by atoms with Crippen molar-refractivity contribution in [3.05, 3.63) is 58.6 Å². The Morgan fingerprint density at radius 3 is 2.48 bits per heavy atom. The minimum absolute atomic E-state index is 0.292. The Morgan fingerprint density at radius 2 is 1.87 bits per heavy atom. The highest BCUT2D eigenvalue weighted by Crippen LogP contribution is 2.28. The van der Waals surface area contributed by atoms with E-state index >= 15 is 0 Å². The fourth-order valence-electron chi connectivity index (χ4n) is 1.94. The van der Waals surface area contributed by atoms with E-state index in [4.69, 9.17) is 22.1 Å². The second-order valence-corrected chi connectivity index (χ2v) is 5.15. The molecule has 4 N–H and O–H groups in total. The summed E-state index contributed by atoms with van der Waals surface area (Å²) >= 11 is 5.93. The summed E-state index contributed by atoms with van der Waals surface area (Å²) < 4.78 is 5.19. The Bertz CT molecular complexity index is 717. The molecule has 0 bridgehead atoms. The van der Waals surface area contributed by atoms with E-state index in [1.165, 1.54) is 7.11 Å². The molecule has 0 radical (unpaired) electrons. The highest BCUT2D eigenvalue weighted by molar-refractivity contribution is 6.31. The summed E-state index contributed by atoms with van der Waals surface area (Å²) in [6, 6.07) is 11.2. The maximum Gasteiger partial charge on any atom is 0.312 e. The lowest BCUT2D eigenvalue weighted by Crippen LogP contribution is -2.28. The second kappa shape index (κ2) is 7.51. The summed E-state index contributed by atoms with van der Waals surface area (Å²) in [5.41, 5.74) is 6.80. The van der Waals surface area contributed by atoms with Crippen molar-refractivity contribution in [1.82, 2.24) is 5.32 Å². The maximum atomic E-state index is 12.3. The van der Waals surface area contributed by atoms with Gasteiger partial charge >= 0.3 is 6.03 Å². The molecular weight excluding hydrogens is 318 g/mol. The molecule has 2 aromatic rings. The minimum Gasteiger partial charge on any atom is -0.495 e. The van der Waals surface area contributed by atoms with Gasteiger partial charge in [-0.1, -0.05) is 23.7 Å². The molecule has 0 aliphatic carbocycles. The molecule has 0 saturated carbocycles. The first-order valence-electron chi connectivity index (χ1n) is 6.76. The van der Waals surface area contributed by atoms with Gasteiger partial charge in [-0.15, -0.1) is 0 Å². The van der Waals surface area contributed by atoms with E-state index in [-0.39, 0.29) is 5.91 Å². The summed E-state index contributed by atoms with van der Waals surface area (Å²) in [6.45, 7) is 0.305. The fraction of sp³-hybridized carbons (Fsp3) is 0.125. The number of carbonyl (C=O) groups is 2. The van der Waals surface area contributed by atoms with Crippen LogP contribution in [0.3, 0.4) is 0 Å². The van der Waals surface area contributed by atoms with Crippen molar-refractivity contribution in [2.75, 3.05) is 12.4 Å². The van der Waals surface area contributed by atoms with Crippen molar-refractivity contribution in [3.63, 3.8) is 0 Å². The summed E-state index contributed by atoms with van der Waals surface area (Å²) in [5, 5.41) is 5.72. The van der Waals surface area contributed by atoms with Gasteiger partial charge in [0.1, 0.15) is 5.75 Å². The van der Waals surface area contributed by atoms with E-state index in [1.54, 1.807) is 42.5 Å². The van der Waals surface area contributed by atoms with Gasteiger partial charge in [0.25, 0.3) is 5.91 Å². The molecule has 120 valence electrons. The quantitative estimate of drug-likeness (QED) is 0.785. The number of nitrogens with one attached hydrogen (secondary N) is 2. The Labute approximate surface area is 138 Å². The molecule has 3 amide bonds. The van der Waals surface area contributed by atoms with Crippen molar-refractivity contribution in [2.24, 2.45) is 5.73 Å². The molecule has 0 aromatic heterocycles. The van der Waals surface area contributed by atoms with Crippen LogP contribution in [0.25, 0.3) is 0 Å². The molecule has 0 aliphatic rings. The number of hydrogen-bond acceptors (Lipinski definition) is 3. The number of benzene rings is 2. The first kappa shape index (κ1) is 16.6. The number of primary amides is 1. The number of halogens is 1. The molecule has 0 unspecified atom stereocenters. The van der Waals surface area contributed by atoms with Crippen molar-refractivity contribution in [1.29, 1.82) is 0 Å². The van der Waals surface area contributed by atoms with Gasteiger partial charge in [0.05, 0.1) is 12.8 Å². The fourth-order valence-corrected chi connectivity index (χ4v) is 2.11. The molecule has 0 saturated heterocycles. The normalized spacial score (nSPS) is 10.0. The van der Waals surface area contributed by atoms with E-state index in [0.29, 0.717) is 28.6 Å². The van der Waals surface area contributed by atoms with Crippen LogP contribution < -0.4 is 21.1 Å². The van der Waals surface area contributed by atoms with E-state index in [1.807, 2.05) is 0 Å². The number of nitrogens with two attached hydrogens (primary N) is 1. The minimum atomic E-state index is -0.597. The van der Waals surface area contributed by atoms with Crippen molar-refractivity contribution >= 4 is 29.2 Å². The molecule has 2 aromatic carbocycles. The number of methoxy groups -OCH3 is 1. The number of ether oxygens (including phenoxy) is 1. The number of carbonyl (C=O) groups excluding carboxylic acids is 2. The molecule has 0 atom stereocenters. The van der Waals surface area contributed by atoms with E-state index in [9.17, 15) is 9.59 Å². The Hall–Kier alpha value is -2.73. The van der Waals surface area contributed by atoms with Gasteiger partial charge in [-0.05, 0) is 35.9 Å². The SMILES string of the molecule is COc1ccc(Cl)cc1NC(=O)c1ccc(CNC(N)=O)cc1. The van der Waals surface area contributed by atoms with Gasteiger partial charge in [0, 0.05) is 17.1 Å². The zero-order valence-electron chi connectivity index (χ0n) is 12.4. The number of amides is 3. The van der Waals surface area contributed by atoms with E-state index in [0.717, 1.165) is 5.56 Å². The number of anilines is 1. The second-order valence-electron chi connectivity index (χ2n) is 4.71. The van der Waals surface area contributed by atoms with Gasteiger partial charge in [0.15, 0.2) is 0 Å². The van der Waals surface area contributed by atoms with Crippen molar-refractivity contribution < 1.29 is 14.3 Å². The van der Waals surface area contributed by atoms with Gasteiger partial charge < -0.3 is 21.1 Å². The number of rotatable bonds is 5. The Balaban J connectivity index is 2.09. The number of urea groups is 1. The molecular formula is C16H16ClN3O3. The predicted molar refractivity (Wildman–Crippen MR) is 88.8 cm³/mol. The summed E-state index contributed by atoms with van der Waals surface area (Å²) in [7, 11) is 1.51. The molecule has 23 heavy (non-hydrogen) atoms. The molecule has 0 fully saturated rings. The van der Waals surface area contributed by atoms with Crippen LogP contribution in [-0.2, 0) is 6.54 Å². The average Bonchev–Trinajstić information content (AvgIpc) is 2.53. The predicted octanol–water partition coefficient (Wildman–Crippen LogP) is 2.77. The average molecular weight is 334 g/mol. The zero-order chi connectivity index (χ0) is 16.8.